The van der Waals surface area contributed by atoms with Crippen LogP contribution in [0.3, 0.4) is 0 Å². The average molecular weight is 401 g/mol. The van der Waals surface area contributed by atoms with Crippen molar-refractivity contribution in [3.63, 3.8) is 0 Å². The highest BCUT2D eigenvalue weighted by atomic mass is 35.5. The van der Waals surface area contributed by atoms with E-state index in [4.69, 9.17) is 21.1 Å². The van der Waals surface area contributed by atoms with Crippen LogP contribution in [0.15, 0.2) is 36.5 Å². The van der Waals surface area contributed by atoms with E-state index in [1.165, 1.54) is 12.3 Å². The Bertz CT molecular complexity index is 806. The molecule has 9 heteroatoms. The Morgan fingerprint density at radius 1 is 1.33 bits per heavy atom. The molecule has 1 saturated heterocycles. The fraction of sp³-hybridized carbons (Fsp3) is 0.333. The van der Waals surface area contributed by atoms with Crippen LogP contribution in [0.5, 0.6) is 5.88 Å². The lowest BCUT2D eigenvalue weighted by atomic mass is 10.1. The van der Waals surface area contributed by atoms with Crippen molar-refractivity contribution in [1.29, 1.82) is 0 Å². The largest absolute Gasteiger partial charge is 0.468 e. The lowest BCUT2D eigenvalue weighted by Crippen LogP contribution is -2.23. The number of ether oxygens (including phenoxy) is 2. The summed E-state index contributed by atoms with van der Waals surface area (Å²) >= 11 is 5.87. The molecule has 144 valence electrons. The van der Waals surface area contributed by atoms with E-state index in [9.17, 15) is 18.0 Å². The second-order valence-electron chi connectivity index (χ2n) is 6.04. The van der Waals surface area contributed by atoms with Crippen LogP contribution in [0.25, 0.3) is 11.1 Å². The van der Waals surface area contributed by atoms with Gasteiger partial charge in [-0.3, -0.25) is 4.79 Å². The number of carbonyl (C=O) groups is 1. The molecule has 1 aromatic heterocycles. The first-order valence-electron chi connectivity index (χ1n) is 8.16. The van der Waals surface area contributed by atoms with Crippen molar-refractivity contribution in [2.45, 2.75) is 12.6 Å². The van der Waals surface area contributed by atoms with Crippen molar-refractivity contribution >= 4 is 23.2 Å². The first-order valence-corrected chi connectivity index (χ1v) is 8.54. The third-order valence-corrected chi connectivity index (χ3v) is 4.20. The molecule has 0 aliphatic carbocycles. The van der Waals surface area contributed by atoms with Gasteiger partial charge in [-0.2, -0.15) is 13.2 Å². The van der Waals surface area contributed by atoms with E-state index in [1.807, 2.05) is 0 Å². The molecule has 1 N–H and O–H groups in total. The molecular weight excluding hydrogens is 385 g/mol. The fourth-order valence-electron chi connectivity index (χ4n) is 2.61. The molecule has 3 rings (SSSR count). The van der Waals surface area contributed by atoms with Crippen LogP contribution in [0.1, 0.15) is 6.42 Å². The molecule has 0 bridgehead atoms. The van der Waals surface area contributed by atoms with Crippen LogP contribution in [0, 0.1) is 5.92 Å². The number of halogens is 4. The lowest BCUT2D eigenvalue weighted by Gasteiger charge is -2.15. The zero-order chi connectivity index (χ0) is 19.4. The number of anilines is 1. The zero-order valence-electron chi connectivity index (χ0n) is 14.1. The number of carbonyl (C=O) groups excluding carboxylic acids is 1. The number of hydrogen-bond donors (Lipinski definition) is 1. The van der Waals surface area contributed by atoms with Crippen molar-refractivity contribution < 1.29 is 27.4 Å². The van der Waals surface area contributed by atoms with Gasteiger partial charge in [-0.25, -0.2) is 4.98 Å². The molecule has 0 unspecified atom stereocenters. The Hall–Kier alpha value is -2.32. The minimum atomic E-state index is -4.49. The van der Waals surface area contributed by atoms with E-state index in [1.54, 1.807) is 24.3 Å². The molecule has 27 heavy (non-hydrogen) atoms. The van der Waals surface area contributed by atoms with Crippen LogP contribution in [0.2, 0.25) is 5.02 Å². The molecule has 5 nitrogen and oxygen atoms in total. The minimum Gasteiger partial charge on any atom is -0.468 e. The molecule has 1 aromatic carbocycles. The van der Waals surface area contributed by atoms with Crippen molar-refractivity contribution in [1.82, 2.24) is 4.98 Å². The Morgan fingerprint density at radius 2 is 2.07 bits per heavy atom. The summed E-state index contributed by atoms with van der Waals surface area (Å²) in [5, 5.41) is 3.20. The molecule has 1 fully saturated rings. The minimum absolute atomic E-state index is 0.183. The van der Waals surface area contributed by atoms with Gasteiger partial charge in [-0.05, 0) is 30.2 Å². The number of pyridine rings is 1. The maximum Gasteiger partial charge on any atom is 0.422 e. The van der Waals surface area contributed by atoms with Gasteiger partial charge in [0, 0.05) is 17.2 Å². The predicted molar refractivity (Wildman–Crippen MR) is 93.8 cm³/mol. The molecule has 1 aliphatic rings. The van der Waals surface area contributed by atoms with Crippen LogP contribution >= 0.6 is 11.6 Å². The molecule has 0 radical (unpaired) electrons. The lowest BCUT2D eigenvalue weighted by molar-refractivity contribution is -0.154. The fourth-order valence-corrected chi connectivity index (χ4v) is 2.73. The van der Waals surface area contributed by atoms with Crippen molar-refractivity contribution in [2.75, 3.05) is 25.1 Å². The Kier molecular flexibility index (Phi) is 5.86. The van der Waals surface area contributed by atoms with Gasteiger partial charge >= 0.3 is 6.18 Å². The maximum absolute atomic E-state index is 12.5. The van der Waals surface area contributed by atoms with E-state index in [0.717, 1.165) is 0 Å². The van der Waals surface area contributed by atoms with Crippen LogP contribution < -0.4 is 10.1 Å². The second-order valence-corrected chi connectivity index (χ2v) is 6.47. The number of nitrogens with zero attached hydrogens (tertiary/aromatic N) is 1. The van der Waals surface area contributed by atoms with E-state index < -0.39 is 12.8 Å². The van der Waals surface area contributed by atoms with Gasteiger partial charge in [0.25, 0.3) is 0 Å². The monoisotopic (exact) mass is 400 g/mol. The quantitative estimate of drug-likeness (QED) is 0.812. The summed E-state index contributed by atoms with van der Waals surface area (Å²) < 4.78 is 47.6. The van der Waals surface area contributed by atoms with Gasteiger partial charge in [-0.1, -0.05) is 23.7 Å². The SMILES string of the molecule is O=C(Nc1cnc(OCC(F)(F)F)c(-c2ccc(Cl)cc2)c1)[C@H]1CCOC1. The zero-order valence-corrected chi connectivity index (χ0v) is 14.8. The number of aromatic nitrogens is 1. The summed E-state index contributed by atoms with van der Waals surface area (Å²) in [5.41, 5.74) is 1.23. The van der Waals surface area contributed by atoms with Crippen LogP contribution in [0.4, 0.5) is 18.9 Å². The van der Waals surface area contributed by atoms with Gasteiger partial charge in [0.15, 0.2) is 6.61 Å². The smallest absolute Gasteiger partial charge is 0.422 e. The summed E-state index contributed by atoms with van der Waals surface area (Å²) in [7, 11) is 0. The molecule has 1 aliphatic heterocycles. The average Bonchev–Trinajstić information content (AvgIpc) is 3.15. The van der Waals surface area contributed by atoms with Crippen molar-refractivity contribution in [3.05, 3.63) is 41.6 Å². The Morgan fingerprint density at radius 3 is 2.70 bits per heavy atom. The highest BCUT2D eigenvalue weighted by molar-refractivity contribution is 6.30. The van der Waals surface area contributed by atoms with Crippen molar-refractivity contribution in [2.24, 2.45) is 5.92 Å². The number of hydrogen-bond acceptors (Lipinski definition) is 4. The van der Waals surface area contributed by atoms with Crippen molar-refractivity contribution in [3.8, 4) is 17.0 Å². The summed E-state index contributed by atoms with van der Waals surface area (Å²) in [4.78, 5) is 16.2. The molecule has 2 aromatic rings. The summed E-state index contributed by atoms with van der Waals surface area (Å²) in [6.07, 6.45) is -2.61. The molecular formula is C18H16ClF3N2O3. The molecule has 2 heterocycles. The normalized spacial score (nSPS) is 17.0. The van der Waals surface area contributed by atoms with E-state index in [-0.39, 0.29) is 17.7 Å². The molecule has 0 spiro atoms. The van der Waals surface area contributed by atoms with E-state index in [0.29, 0.717) is 41.5 Å². The number of alkyl halides is 3. The van der Waals surface area contributed by atoms with Gasteiger partial charge in [0.1, 0.15) is 0 Å². The molecule has 1 amide bonds. The molecule has 0 saturated carbocycles. The Balaban J connectivity index is 1.87. The number of rotatable bonds is 5. The highest BCUT2D eigenvalue weighted by Crippen LogP contribution is 2.32. The predicted octanol–water partition coefficient (Wildman–Crippen LogP) is 4.32. The van der Waals surface area contributed by atoms with Gasteiger partial charge in [0.2, 0.25) is 11.8 Å². The first-order chi connectivity index (χ1) is 12.8. The van der Waals surface area contributed by atoms with Gasteiger partial charge in [-0.15, -0.1) is 0 Å². The highest BCUT2D eigenvalue weighted by Gasteiger charge is 2.29. The summed E-state index contributed by atoms with van der Waals surface area (Å²) in [6.45, 7) is -0.599. The topological polar surface area (TPSA) is 60.5 Å². The standard InChI is InChI=1S/C18H16ClF3N2O3/c19-13-3-1-11(2-4-13)15-7-14(24-16(25)12-5-6-26-9-12)8-23-17(15)27-10-18(20,21)22/h1-4,7-8,12H,5-6,9-10H2,(H,24,25)/t12-/m0/s1. The number of amides is 1. The second kappa shape index (κ2) is 8.14. The van der Waals surface area contributed by atoms with Gasteiger partial charge < -0.3 is 14.8 Å². The third-order valence-electron chi connectivity index (χ3n) is 3.95. The summed E-state index contributed by atoms with van der Waals surface area (Å²) in [5.74, 6) is -0.665. The first kappa shape index (κ1) is 19.4. The maximum atomic E-state index is 12.5. The van der Waals surface area contributed by atoms with E-state index >= 15 is 0 Å². The Labute approximate surface area is 158 Å². The van der Waals surface area contributed by atoms with Crippen LogP contribution in [-0.2, 0) is 9.53 Å². The van der Waals surface area contributed by atoms with Gasteiger partial charge in [0.05, 0.1) is 24.4 Å². The number of benzene rings is 1. The summed E-state index contributed by atoms with van der Waals surface area (Å²) in [6, 6.07) is 8.00. The molecule has 1 atom stereocenters. The van der Waals surface area contributed by atoms with E-state index in [2.05, 4.69) is 10.3 Å². The third kappa shape index (κ3) is 5.33. The number of nitrogens with one attached hydrogen (secondary N) is 1. The van der Waals surface area contributed by atoms with Crippen LogP contribution in [-0.4, -0.2) is 36.9 Å².